The van der Waals surface area contributed by atoms with Gasteiger partial charge in [-0.2, -0.15) is 0 Å². The lowest BCUT2D eigenvalue weighted by Crippen LogP contribution is -1.91. The van der Waals surface area contributed by atoms with Gasteiger partial charge >= 0.3 is 0 Å². The Kier molecular flexibility index (Phi) is 2.31. The van der Waals surface area contributed by atoms with E-state index in [-0.39, 0.29) is 5.82 Å². The summed E-state index contributed by atoms with van der Waals surface area (Å²) in [6.07, 6.45) is 3.03. The van der Waals surface area contributed by atoms with Crippen LogP contribution < -0.4 is 0 Å². The van der Waals surface area contributed by atoms with Crippen molar-refractivity contribution in [2.24, 2.45) is 0 Å². The summed E-state index contributed by atoms with van der Waals surface area (Å²) >= 11 is 0. The number of furan rings is 1. The minimum atomic E-state index is -0.280. The van der Waals surface area contributed by atoms with Crippen molar-refractivity contribution in [2.45, 2.75) is 12.8 Å². The number of halogens is 1. The average Bonchev–Trinajstić information content (AvgIpc) is 2.66. The van der Waals surface area contributed by atoms with Crippen molar-refractivity contribution >= 4 is 17.3 Å². The van der Waals surface area contributed by atoms with Crippen molar-refractivity contribution in [1.82, 2.24) is 0 Å². The van der Waals surface area contributed by atoms with E-state index in [1.54, 1.807) is 18.2 Å². The standard InChI is InChI=1S/C11H9FO2/c12-11-8(2-1-6-13)3-4-10-9(11)5-7-14-10/h3-7H,1-2H2. The quantitative estimate of drug-likeness (QED) is 0.700. The first-order chi connectivity index (χ1) is 6.83. The van der Waals surface area contributed by atoms with Crippen molar-refractivity contribution < 1.29 is 13.6 Å². The highest BCUT2D eigenvalue weighted by Gasteiger charge is 2.08. The second kappa shape index (κ2) is 3.62. The van der Waals surface area contributed by atoms with E-state index in [0.717, 1.165) is 6.29 Å². The molecule has 0 aliphatic carbocycles. The zero-order chi connectivity index (χ0) is 9.97. The number of carbonyl (C=O) groups is 1. The smallest absolute Gasteiger partial charge is 0.137 e. The molecule has 0 amide bonds. The van der Waals surface area contributed by atoms with Crippen molar-refractivity contribution in [3.63, 3.8) is 0 Å². The van der Waals surface area contributed by atoms with Gasteiger partial charge in [0.2, 0.25) is 0 Å². The lowest BCUT2D eigenvalue weighted by Gasteiger charge is -2.00. The van der Waals surface area contributed by atoms with Crippen LogP contribution in [-0.2, 0) is 11.2 Å². The fourth-order valence-electron chi connectivity index (χ4n) is 1.46. The molecule has 1 aromatic heterocycles. The van der Waals surface area contributed by atoms with E-state index in [1.807, 2.05) is 0 Å². The van der Waals surface area contributed by atoms with E-state index < -0.39 is 0 Å². The Labute approximate surface area is 80.3 Å². The van der Waals surface area contributed by atoms with Crippen LogP contribution in [-0.4, -0.2) is 6.29 Å². The number of hydrogen-bond acceptors (Lipinski definition) is 2. The molecule has 72 valence electrons. The number of benzene rings is 1. The van der Waals surface area contributed by atoms with Gasteiger partial charge in [0.1, 0.15) is 17.7 Å². The maximum atomic E-state index is 13.6. The Morgan fingerprint density at radius 1 is 1.36 bits per heavy atom. The molecule has 0 unspecified atom stereocenters. The molecule has 2 nitrogen and oxygen atoms in total. The van der Waals surface area contributed by atoms with Gasteiger partial charge in [0, 0.05) is 6.42 Å². The third-order valence-electron chi connectivity index (χ3n) is 2.18. The van der Waals surface area contributed by atoms with Crippen LogP contribution in [0.1, 0.15) is 12.0 Å². The van der Waals surface area contributed by atoms with Gasteiger partial charge in [0.15, 0.2) is 0 Å². The average molecular weight is 192 g/mol. The minimum Gasteiger partial charge on any atom is -0.464 e. The van der Waals surface area contributed by atoms with E-state index in [9.17, 15) is 9.18 Å². The normalized spacial score (nSPS) is 10.6. The summed E-state index contributed by atoms with van der Waals surface area (Å²) < 4.78 is 18.7. The van der Waals surface area contributed by atoms with Crippen LogP contribution >= 0.6 is 0 Å². The van der Waals surface area contributed by atoms with Gasteiger partial charge in [-0.1, -0.05) is 6.07 Å². The first-order valence-electron chi connectivity index (χ1n) is 4.41. The minimum absolute atomic E-state index is 0.280. The summed E-state index contributed by atoms with van der Waals surface area (Å²) in [6, 6.07) is 4.97. The van der Waals surface area contributed by atoms with E-state index in [2.05, 4.69) is 0 Å². The van der Waals surface area contributed by atoms with E-state index >= 15 is 0 Å². The van der Waals surface area contributed by atoms with Gasteiger partial charge in [-0.15, -0.1) is 0 Å². The maximum absolute atomic E-state index is 13.6. The van der Waals surface area contributed by atoms with Crippen LogP contribution in [0.15, 0.2) is 28.9 Å². The molecule has 0 saturated heterocycles. The highest BCUT2D eigenvalue weighted by Crippen LogP contribution is 2.22. The molecule has 0 N–H and O–H groups in total. The maximum Gasteiger partial charge on any atom is 0.137 e. The molecule has 1 aromatic carbocycles. The SMILES string of the molecule is O=CCCc1ccc2occc2c1F. The predicted molar refractivity (Wildman–Crippen MR) is 50.6 cm³/mol. The summed E-state index contributed by atoms with van der Waals surface area (Å²) in [4.78, 5) is 10.2. The van der Waals surface area contributed by atoms with E-state index in [4.69, 9.17) is 4.42 Å². The molecule has 2 rings (SSSR count). The Hall–Kier alpha value is -1.64. The van der Waals surface area contributed by atoms with Gasteiger partial charge in [-0.25, -0.2) is 4.39 Å². The van der Waals surface area contributed by atoms with Crippen molar-refractivity contribution in [1.29, 1.82) is 0 Å². The number of aryl methyl sites for hydroxylation is 1. The molecule has 0 aliphatic rings. The van der Waals surface area contributed by atoms with Crippen LogP contribution in [0, 0.1) is 5.82 Å². The lowest BCUT2D eigenvalue weighted by molar-refractivity contribution is -0.107. The second-order valence-corrected chi connectivity index (χ2v) is 3.08. The molecule has 0 saturated carbocycles. The van der Waals surface area contributed by atoms with Crippen molar-refractivity contribution in [2.75, 3.05) is 0 Å². The predicted octanol–water partition coefficient (Wildman–Crippen LogP) is 2.70. The molecule has 0 aliphatic heterocycles. The Morgan fingerprint density at radius 3 is 3.00 bits per heavy atom. The fraction of sp³-hybridized carbons (Fsp3) is 0.182. The number of rotatable bonds is 3. The van der Waals surface area contributed by atoms with Crippen LogP contribution in [0.4, 0.5) is 4.39 Å². The zero-order valence-corrected chi connectivity index (χ0v) is 7.50. The first-order valence-corrected chi connectivity index (χ1v) is 4.41. The van der Waals surface area contributed by atoms with Crippen LogP contribution in [0.3, 0.4) is 0 Å². The van der Waals surface area contributed by atoms with E-state index in [1.165, 1.54) is 6.26 Å². The lowest BCUT2D eigenvalue weighted by atomic mass is 10.1. The highest BCUT2D eigenvalue weighted by molar-refractivity contribution is 5.78. The monoisotopic (exact) mass is 192 g/mol. The molecule has 14 heavy (non-hydrogen) atoms. The molecule has 3 heteroatoms. The number of hydrogen-bond donors (Lipinski definition) is 0. The van der Waals surface area contributed by atoms with Gasteiger partial charge in [-0.05, 0) is 24.1 Å². The number of fused-ring (bicyclic) bond motifs is 1. The van der Waals surface area contributed by atoms with Gasteiger partial charge in [0.05, 0.1) is 11.6 Å². The molecule has 0 bridgehead atoms. The van der Waals surface area contributed by atoms with Crippen molar-refractivity contribution in [3.05, 3.63) is 35.8 Å². The van der Waals surface area contributed by atoms with Crippen LogP contribution in [0.25, 0.3) is 11.0 Å². The summed E-state index contributed by atoms with van der Waals surface area (Å²) in [5.41, 5.74) is 1.10. The first kappa shape index (κ1) is 8.94. The number of carbonyl (C=O) groups excluding carboxylic acids is 1. The van der Waals surface area contributed by atoms with Gasteiger partial charge in [0.25, 0.3) is 0 Å². The summed E-state index contributed by atoms with van der Waals surface area (Å²) in [5, 5.41) is 0.480. The Balaban J connectivity index is 2.45. The highest BCUT2D eigenvalue weighted by atomic mass is 19.1. The van der Waals surface area contributed by atoms with Gasteiger partial charge in [-0.3, -0.25) is 0 Å². The van der Waals surface area contributed by atoms with Crippen LogP contribution in [0.5, 0.6) is 0 Å². The molecular formula is C11H9FO2. The summed E-state index contributed by atoms with van der Waals surface area (Å²) in [6.45, 7) is 0. The molecule has 0 atom stereocenters. The Bertz CT molecular complexity index is 459. The summed E-state index contributed by atoms with van der Waals surface area (Å²) in [5.74, 6) is -0.280. The molecule has 2 aromatic rings. The Morgan fingerprint density at radius 2 is 2.21 bits per heavy atom. The largest absolute Gasteiger partial charge is 0.464 e. The third kappa shape index (κ3) is 1.41. The summed E-state index contributed by atoms with van der Waals surface area (Å²) in [7, 11) is 0. The molecule has 1 heterocycles. The molecular weight excluding hydrogens is 183 g/mol. The van der Waals surface area contributed by atoms with E-state index in [0.29, 0.717) is 29.4 Å². The molecule has 0 radical (unpaired) electrons. The van der Waals surface area contributed by atoms with Crippen LogP contribution in [0.2, 0.25) is 0 Å². The second-order valence-electron chi connectivity index (χ2n) is 3.08. The van der Waals surface area contributed by atoms with Gasteiger partial charge < -0.3 is 9.21 Å². The zero-order valence-electron chi connectivity index (χ0n) is 7.50. The van der Waals surface area contributed by atoms with Crippen molar-refractivity contribution in [3.8, 4) is 0 Å². The molecule has 0 spiro atoms. The topological polar surface area (TPSA) is 30.2 Å². The number of aldehydes is 1. The third-order valence-corrected chi connectivity index (χ3v) is 2.18. The fourth-order valence-corrected chi connectivity index (χ4v) is 1.46. The molecule has 0 fully saturated rings.